The fourth-order valence-corrected chi connectivity index (χ4v) is 3.56. The zero-order chi connectivity index (χ0) is 18.7. The van der Waals surface area contributed by atoms with Gasteiger partial charge in [0.15, 0.2) is 0 Å². The van der Waals surface area contributed by atoms with Gasteiger partial charge in [0.2, 0.25) is 0 Å². The van der Waals surface area contributed by atoms with Crippen molar-refractivity contribution in [2.75, 3.05) is 5.32 Å². The normalized spacial score (nSPS) is 11.0. The maximum atomic E-state index is 12.2. The summed E-state index contributed by atoms with van der Waals surface area (Å²) in [7, 11) is 0. The number of aromatic nitrogens is 3. The summed E-state index contributed by atoms with van der Waals surface area (Å²) in [5.74, 6) is 1.32. The van der Waals surface area contributed by atoms with Gasteiger partial charge in [0, 0.05) is 34.6 Å². The van der Waals surface area contributed by atoms with Gasteiger partial charge in [0.1, 0.15) is 5.82 Å². The summed E-state index contributed by atoms with van der Waals surface area (Å²) in [6.45, 7) is 8.66. The summed E-state index contributed by atoms with van der Waals surface area (Å²) < 4.78 is 1.99. The van der Waals surface area contributed by atoms with Crippen molar-refractivity contribution in [1.82, 2.24) is 19.9 Å². The molecule has 3 rings (SSSR count). The van der Waals surface area contributed by atoms with E-state index in [-0.39, 0.29) is 6.03 Å². The highest BCUT2D eigenvalue weighted by Gasteiger charge is 2.11. The van der Waals surface area contributed by atoms with Crippen LogP contribution >= 0.6 is 11.3 Å². The van der Waals surface area contributed by atoms with Crippen molar-refractivity contribution in [1.29, 1.82) is 0 Å². The van der Waals surface area contributed by atoms with E-state index in [1.54, 1.807) is 17.5 Å². The Morgan fingerprint density at radius 2 is 1.96 bits per heavy atom. The van der Waals surface area contributed by atoms with E-state index in [9.17, 15) is 4.79 Å². The molecule has 0 bridgehead atoms. The van der Waals surface area contributed by atoms with Gasteiger partial charge in [-0.25, -0.2) is 14.8 Å². The first-order valence-electron chi connectivity index (χ1n) is 8.55. The predicted octanol–water partition coefficient (Wildman–Crippen LogP) is 4.39. The van der Waals surface area contributed by atoms with Crippen LogP contribution in [0.1, 0.15) is 41.2 Å². The Morgan fingerprint density at radius 3 is 2.54 bits per heavy atom. The second kappa shape index (κ2) is 7.70. The topological polar surface area (TPSA) is 71.8 Å². The number of carbonyl (C=O) groups excluding carboxylic acids is 1. The lowest BCUT2D eigenvalue weighted by Gasteiger charge is -2.09. The molecule has 0 aliphatic carbocycles. The molecule has 2 heterocycles. The molecular weight excluding hydrogens is 346 g/mol. The summed E-state index contributed by atoms with van der Waals surface area (Å²) in [5.41, 5.74) is 2.74. The second-order valence-corrected chi connectivity index (χ2v) is 7.53. The highest BCUT2D eigenvalue weighted by molar-refractivity contribution is 7.11. The van der Waals surface area contributed by atoms with Crippen LogP contribution in [0.2, 0.25) is 0 Å². The minimum atomic E-state index is -0.226. The molecule has 2 N–H and O–H groups in total. The first kappa shape index (κ1) is 18.1. The number of aryl methyl sites for hydroxylation is 2. The van der Waals surface area contributed by atoms with Crippen LogP contribution < -0.4 is 10.6 Å². The fourth-order valence-electron chi connectivity index (χ4n) is 2.55. The zero-order valence-electron chi connectivity index (χ0n) is 15.4. The SMILES string of the molecule is Cc1nc(C(C)C)sc1CNC(=O)Nc1ccc(-n2ccnc2C)cc1. The molecule has 0 aliphatic rings. The molecule has 0 aliphatic heterocycles. The van der Waals surface area contributed by atoms with Gasteiger partial charge in [-0.1, -0.05) is 13.8 Å². The molecule has 0 saturated heterocycles. The average molecular weight is 369 g/mol. The number of nitrogens with zero attached hydrogens (tertiary/aromatic N) is 3. The number of benzene rings is 1. The molecule has 26 heavy (non-hydrogen) atoms. The maximum Gasteiger partial charge on any atom is 0.319 e. The van der Waals surface area contributed by atoms with Gasteiger partial charge in [-0.2, -0.15) is 0 Å². The van der Waals surface area contributed by atoms with Gasteiger partial charge in [-0.05, 0) is 38.1 Å². The Balaban J connectivity index is 1.57. The van der Waals surface area contributed by atoms with Gasteiger partial charge < -0.3 is 15.2 Å². The molecule has 3 aromatic rings. The predicted molar refractivity (Wildman–Crippen MR) is 105 cm³/mol. The number of anilines is 1. The van der Waals surface area contributed by atoms with E-state index < -0.39 is 0 Å². The summed E-state index contributed by atoms with van der Waals surface area (Å²) in [4.78, 5) is 22.0. The fraction of sp³-hybridized carbons (Fsp3) is 0.316. The third-order valence-electron chi connectivity index (χ3n) is 4.04. The van der Waals surface area contributed by atoms with Crippen LogP contribution in [-0.4, -0.2) is 20.6 Å². The lowest BCUT2D eigenvalue weighted by Crippen LogP contribution is -2.28. The van der Waals surface area contributed by atoms with Crippen LogP contribution in [0.3, 0.4) is 0 Å². The van der Waals surface area contributed by atoms with Crippen molar-refractivity contribution in [2.24, 2.45) is 0 Å². The minimum absolute atomic E-state index is 0.226. The maximum absolute atomic E-state index is 12.2. The first-order valence-corrected chi connectivity index (χ1v) is 9.37. The number of rotatable bonds is 5. The molecule has 0 saturated carbocycles. The van der Waals surface area contributed by atoms with Gasteiger partial charge in [-0.3, -0.25) is 0 Å². The smallest absolute Gasteiger partial charge is 0.319 e. The molecule has 6 nitrogen and oxygen atoms in total. The van der Waals surface area contributed by atoms with Gasteiger partial charge in [0.25, 0.3) is 0 Å². The first-order chi connectivity index (χ1) is 12.4. The molecule has 0 spiro atoms. The van der Waals surface area contributed by atoms with Crippen LogP contribution in [0.15, 0.2) is 36.7 Å². The highest BCUT2D eigenvalue weighted by Crippen LogP contribution is 2.24. The number of hydrogen-bond acceptors (Lipinski definition) is 4. The lowest BCUT2D eigenvalue weighted by molar-refractivity contribution is 0.252. The van der Waals surface area contributed by atoms with Crippen molar-refractivity contribution in [3.8, 4) is 5.69 Å². The molecule has 7 heteroatoms. The van der Waals surface area contributed by atoms with Crippen molar-refractivity contribution >= 4 is 23.1 Å². The Morgan fingerprint density at radius 1 is 1.23 bits per heavy atom. The van der Waals surface area contributed by atoms with Crippen molar-refractivity contribution in [3.63, 3.8) is 0 Å². The van der Waals surface area contributed by atoms with Crippen molar-refractivity contribution < 1.29 is 4.79 Å². The summed E-state index contributed by atoms with van der Waals surface area (Å²) in [6, 6.07) is 7.43. The van der Waals surface area contributed by atoms with Gasteiger partial charge in [-0.15, -0.1) is 11.3 Å². The van der Waals surface area contributed by atoms with Gasteiger partial charge >= 0.3 is 6.03 Å². The van der Waals surface area contributed by atoms with E-state index in [1.165, 1.54) is 0 Å². The molecule has 1 aromatic carbocycles. The number of urea groups is 1. The molecule has 2 aromatic heterocycles. The quantitative estimate of drug-likeness (QED) is 0.700. The van der Waals surface area contributed by atoms with Crippen LogP contribution in [0, 0.1) is 13.8 Å². The number of nitrogens with one attached hydrogen (secondary N) is 2. The number of imidazole rings is 1. The number of thiazole rings is 1. The van der Waals surface area contributed by atoms with E-state index in [0.717, 1.165) is 32.8 Å². The van der Waals surface area contributed by atoms with E-state index >= 15 is 0 Å². The highest BCUT2D eigenvalue weighted by atomic mass is 32.1. The Hall–Kier alpha value is -2.67. The van der Waals surface area contributed by atoms with Crippen LogP contribution in [0.25, 0.3) is 5.69 Å². The molecule has 2 amide bonds. The summed E-state index contributed by atoms with van der Waals surface area (Å²) in [6.07, 6.45) is 3.67. The molecule has 136 valence electrons. The van der Waals surface area contributed by atoms with Crippen molar-refractivity contribution in [3.05, 3.63) is 58.1 Å². The number of amides is 2. The monoisotopic (exact) mass is 369 g/mol. The van der Waals surface area contributed by atoms with Crippen LogP contribution in [-0.2, 0) is 6.54 Å². The Kier molecular flexibility index (Phi) is 5.37. The largest absolute Gasteiger partial charge is 0.333 e. The molecule has 0 fully saturated rings. The average Bonchev–Trinajstić information content (AvgIpc) is 3.20. The standard InChI is InChI=1S/C19H23N5OS/c1-12(2)18-22-13(3)17(26-18)11-21-19(25)23-15-5-7-16(8-6-15)24-10-9-20-14(24)4/h5-10,12H,11H2,1-4H3,(H2,21,23,25). The summed E-state index contributed by atoms with van der Waals surface area (Å²) >= 11 is 1.66. The van der Waals surface area contributed by atoms with E-state index in [4.69, 9.17) is 0 Å². The molecule has 0 atom stereocenters. The van der Waals surface area contributed by atoms with Crippen molar-refractivity contribution in [2.45, 2.75) is 40.2 Å². The number of carbonyl (C=O) groups is 1. The van der Waals surface area contributed by atoms with E-state index in [1.807, 2.05) is 48.9 Å². The molecular formula is C19H23N5OS. The molecule has 0 radical (unpaired) electrons. The van der Waals surface area contributed by atoms with Crippen LogP contribution in [0.5, 0.6) is 0 Å². The summed E-state index contributed by atoms with van der Waals surface area (Å²) in [5, 5.41) is 6.86. The molecule has 0 unspecified atom stereocenters. The van der Waals surface area contributed by atoms with E-state index in [2.05, 4.69) is 34.4 Å². The zero-order valence-corrected chi connectivity index (χ0v) is 16.2. The second-order valence-electron chi connectivity index (χ2n) is 6.41. The lowest BCUT2D eigenvalue weighted by atomic mass is 10.2. The van der Waals surface area contributed by atoms with Gasteiger partial charge in [0.05, 0.1) is 17.2 Å². The third-order valence-corrected chi connectivity index (χ3v) is 5.50. The minimum Gasteiger partial charge on any atom is -0.333 e. The Labute approximate surface area is 157 Å². The Bertz CT molecular complexity index is 895. The van der Waals surface area contributed by atoms with E-state index in [0.29, 0.717) is 12.5 Å². The third kappa shape index (κ3) is 4.11. The number of hydrogen-bond donors (Lipinski definition) is 2. The van der Waals surface area contributed by atoms with Crippen LogP contribution in [0.4, 0.5) is 10.5 Å².